The molecular weight excluding hydrogens is 182 g/mol. The number of ether oxygens (including phenoxy) is 1. The Balaban J connectivity index is 2.59. The van der Waals surface area contributed by atoms with Gasteiger partial charge in [0.1, 0.15) is 5.78 Å². The molecule has 0 bridgehead atoms. The van der Waals surface area contributed by atoms with Crippen molar-refractivity contribution in [2.45, 2.75) is 32.7 Å². The summed E-state index contributed by atoms with van der Waals surface area (Å²) in [6.07, 6.45) is 1.17. The molecule has 1 aliphatic heterocycles. The van der Waals surface area contributed by atoms with Crippen LogP contribution in [-0.4, -0.2) is 30.9 Å². The van der Waals surface area contributed by atoms with E-state index in [1.54, 1.807) is 6.92 Å². The highest BCUT2D eigenvalue weighted by atomic mass is 16.5. The zero-order valence-electron chi connectivity index (χ0n) is 8.71. The SMILES string of the molecule is CCOC(=O)C1CCNC1C(=O)CC. The second kappa shape index (κ2) is 5.10. The van der Waals surface area contributed by atoms with Gasteiger partial charge in [-0.15, -0.1) is 0 Å². The number of carbonyl (C=O) groups excluding carboxylic acids is 2. The van der Waals surface area contributed by atoms with Crippen LogP contribution in [0.1, 0.15) is 26.7 Å². The summed E-state index contributed by atoms with van der Waals surface area (Å²) in [5.41, 5.74) is 0. The number of carbonyl (C=O) groups is 2. The number of Topliss-reactive ketones (excluding diaryl/α,β-unsaturated/α-hetero) is 1. The molecule has 4 heteroatoms. The van der Waals surface area contributed by atoms with Gasteiger partial charge in [-0.05, 0) is 19.9 Å². The molecular formula is C10H17NO3. The van der Waals surface area contributed by atoms with Gasteiger partial charge >= 0.3 is 5.97 Å². The molecule has 1 heterocycles. The van der Waals surface area contributed by atoms with Crippen LogP contribution in [0, 0.1) is 5.92 Å². The van der Waals surface area contributed by atoms with E-state index < -0.39 is 0 Å². The fraction of sp³-hybridized carbons (Fsp3) is 0.800. The first-order valence-electron chi connectivity index (χ1n) is 5.13. The molecule has 4 nitrogen and oxygen atoms in total. The molecule has 2 unspecified atom stereocenters. The van der Waals surface area contributed by atoms with Crippen molar-refractivity contribution in [3.8, 4) is 0 Å². The predicted molar refractivity (Wildman–Crippen MR) is 51.8 cm³/mol. The molecule has 0 amide bonds. The van der Waals surface area contributed by atoms with Crippen molar-refractivity contribution in [3.05, 3.63) is 0 Å². The Morgan fingerprint density at radius 1 is 1.43 bits per heavy atom. The van der Waals surface area contributed by atoms with Crippen LogP contribution in [0.5, 0.6) is 0 Å². The molecule has 0 saturated carbocycles. The van der Waals surface area contributed by atoms with E-state index in [1.165, 1.54) is 0 Å². The highest BCUT2D eigenvalue weighted by molar-refractivity contribution is 5.90. The molecule has 1 saturated heterocycles. The molecule has 2 atom stereocenters. The molecule has 0 aliphatic carbocycles. The summed E-state index contributed by atoms with van der Waals surface area (Å²) >= 11 is 0. The first-order chi connectivity index (χ1) is 6.70. The maximum atomic E-state index is 11.5. The number of rotatable bonds is 4. The fourth-order valence-corrected chi connectivity index (χ4v) is 1.76. The molecule has 0 spiro atoms. The Morgan fingerprint density at radius 3 is 2.71 bits per heavy atom. The standard InChI is InChI=1S/C10H17NO3/c1-3-8(12)9-7(5-6-11-9)10(13)14-4-2/h7,9,11H,3-6H2,1-2H3. The zero-order chi connectivity index (χ0) is 10.6. The minimum absolute atomic E-state index is 0.0977. The molecule has 14 heavy (non-hydrogen) atoms. The van der Waals surface area contributed by atoms with Crippen molar-refractivity contribution < 1.29 is 14.3 Å². The molecule has 0 radical (unpaired) electrons. The predicted octanol–water partition coefficient (Wildman–Crippen LogP) is 0.507. The summed E-state index contributed by atoms with van der Waals surface area (Å²) in [5.74, 6) is -0.424. The number of esters is 1. The van der Waals surface area contributed by atoms with Crippen molar-refractivity contribution in [1.29, 1.82) is 0 Å². The van der Waals surface area contributed by atoms with Gasteiger partial charge < -0.3 is 10.1 Å². The van der Waals surface area contributed by atoms with E-state index in [1.807, 2.05) is 6.92 Å². The Bertz CT molecular complexity index is 227. The Kier molecular flexibility index (Phi) is 4.07. The highest BCUT2D eigenvalue weighted by Crippen LogP contribution is 2.18. The summed E-state index contributed by atoms with van der Waals surface area (Å²) < 4.78 is 4.92. The van der Waals surface area contributed by atoms with E-state index in [4.69, 9.17) is 4.74 Å². The molecule has 1 fully saturated rings. The summed E-state index contributed by atoms with van der Waals surface area (Å²) in [6.45, 7) is 4.68. The molecule has 0 aromatic rings. The number of ketones is 1. The minimum atomic E-state index is -0.320. The first-order valence-corrected chi connectivity index (χ1v) is 5.13. The maximum absolute atomic E-state index is 11.5. The number of hydrogen-bond acceptors (Lipinski definition) is 4. The van der Waals surface area contributed by atoms with Crippen LogP contribution in [0.2, 0.25) is 0 Å². The van der Waals surface area contributed by atoms with Crippen LogP contribution in [0.3, 0.4) is 0 Å². The van der Waals surface area contributed by atoms with Crippen LogP contribution in [0.4, 0.5) is 0 Å². The van der Waals surface area contributed by atoms with Gasteiger partial charge in [-0.25, -0.2) is 0 Å². The van der Waals surface area contributed by atoms with Crippen molar-refractivity contribution in [2.24, 2.45) is 5.92 Å². The lowest BCUT2D eigenvalue weighted by atomic mass is 9.96. The van der Waals surface area contributed by atoms with Crippen molar-refractivity contribution >= 4 is 11.8 Å². The smallest absolute Gasteiger partial charge is 0.311 e. The minimum Gasteiger partial charge on any atom is -0.466 e. The van der Waals surface area contributed by atoms with Gasteiger partial charge in [-0.2, -0.15) is 0 Å². The van der Waals surface area contributed by atoms with Gasteiger partial charge in [0.05, 0.1) is 18.6 Å². The number of nitrogens with one attached hydrogen (secondary N) is 1. The van der Waals surface area contributed by atoms with Gasteiger partial charge in [0.25, 0.3) is 0 Å². The first kappa shape index (κ1) is 11.2. The molecule has 1 rings (SSSR count). The van der Waals surface area contributed by atoms with E-state index in [2.05, 4.69) is 5.32 Å². The molecule has 1 aliphatic rings. The molecule has 80 valence electrons. The van der Waals surface area contributed by atoms with E-state index >= 15 is 0 Å². The molecule has 1 N–H and O–H groups in total. The second-order valence-electron chi connectivity index (χ2n) is 3.40. The van der Waals surface area contributed by atoms with E-state index in [0.29, 0.717) is 19.4 Å². The summed E-state index contributed by atoms with van der Waals surface area (Å²) in [7, 11) is 0. The third kappa shape index (κ3) is 2.32. The lowest BCUT2D eigenvalue weighted by Crippen LogP contribution is -2.39. The maximum Gasteiger partial charge on any atom is 0.311 e. The summed E-state index contributed by atoms with van der Waals surface area (Å²) in [5, 5.41) is 3.05. The Labute approximate surface area is 84.0 Å². The van der Waals surface area contributed by atoms with Gasteiger partial charge in [0.2, 0.25) is 0 Å². The monoisotopic (exact) mass is 199 g/mol. The summed E-state index contributed by atoms with van der Waals surface area (Å²) in [4.78, 5) is 22.9. The van der Waals surface area contributed by atoms with Gasteiger partial charge in [-0.1, -0.05) is 6.92 Å². The average Bonchev–Trinajstić information content (AvgIpc) is 2.65. The van der Waals surface area contributed by atoms with Crippen LogP contribution in [-0.2, 0) is 14.3 Å². The van der Waals surface area contributed by atoms with Crippen LogP contribution in [0.25, 0.3) is 0 Å². The fourth-order valence-electron chi connectivity index (χ4n) is 1.76. The van der Waals surface area contributed by atoms with Crippen LogP contribution >= 0.6 is 0 Å². The topological polar surface area (TPSA) is 55.4 Å². The zero-order valence-corrected chi connectivity index (χ0v) is 8.71. The lowest BCUT2D eigenvalue weighted by Gasteiger charge is -2.15. The van der Waals surface area contributed by atoms with E-state index in [9.17, 15) is 9.59 Å². The van der Waals surface area contributed by atoms with Crippen LogP contribution in [0.15, 0.2) is 0 Å². The second-order valence-corrected chi connectivity index (χ2v) is 3.40. The van der Waals surface area contributed by atoms with E-state index in [0.717, 1.165) is 6.54 Å². The lowest BCUT2D eigenvalue weighted by molar-refractivity contribution is -0.149. The van der Waals surface area contributed by atoms with Crippen molar-refractivity contribution in [3.63, 3.8) is 0 Å². The third-order valence-corrected chi connectivity index (χ3v) is 2.51. The highest BCUT2D eigenvalue weighted by Gasteiger charge is 2.37. The largest absolute Gasteiger partial charge is 0.466 e. The molecule has 0 aromatic heterocycles. The Morgan fingerprint density at radius 2 is 2.14 bits per heavy atom. The summed E-state index contributed by atoms with van der Waals surface area (Å²) in [6, 6.07) is -0.320. The average molecular weight is 199 g/mol. The molecule has 0 aromatic carbocycles. The van der Waals surface area contributed by atoms with E-state index in [-0.39, 0.29) is 23.7 Å². The number of hydrogen-bond donors (Lipinski definition) is 1. The normalized spacial score (nSPS) is 26.1. The Hall–Kier alpha value is -0.900. The van der Waals surface area contributed by atoms with Gasteiger partial charge in [-0.3, -0.25) is 9.59 Å². The van der Waals surface area contributed by atoms with Gasteiger partial charge in [0, 0.05) is 6.42 Å². The van der Waals surface area contributed by atoms with Gasteiger partial charge in [0.15, 0.2) is 0 Å². The van der Waals surface area contributed by atoms with Crippen LogP contribution < -0.4 is 5.32 Å². The van der Waals surface area contributed by atoms with Crippen molar-refractivity contribution in [1.82, 2.24) is 5.32 Å². The third-order valence-electron chi connectivity index (χ3n) is 2.51. The van der Waals surface area contributed by atoms with Crippen molar-refractivity contribution in [2.75, 3.05) is 13.2 Å². The quantitative estimate of drug-likeness (QED) is 0.670.